The summed E-state index contributed by atoms with van der Waals surface area (Å²) in [5.41, 5.74) is 1.43. The van der Waals surface area contributed by atoms with Gasteiger partial charge in [-0.25, -0.2) is 0 Å². The van der Waals surface area contributed by atoms with Crippen LogP contribution in [-0.2, 0) is 0 Å². The van der Waals surface area contributed by atoms with Gasteiger partial charge in [0.1, 0.15) is 0 Å². The quantitative estimate of drug-likeness (QED) is 0.308. The molecule has 0 radical (unpaired) electrons. The van der Waals surface area contributed by atoms with Gasteiger partial charge in [-0.15, -0.1) is 24.0 Å². The lowest BCUT2D eigenvalue weighted by molar-refractivity contribution is 0.728. The molecule has 21 heavy (non-hydrogen) atoms. The maximum Gasteiger partial charge on any atom is 0.191 e. The number of hydrogen-bond donors (Lipinski definition) is 2. The van der Waals surface area contributed by atoms with E-state index >= 15 is 0 Å². The lowest BCUT2D eigenvalue weighted by Gasteiger charge is -2.11. The zero-order valence-corrected chi connectivity index (χ0v) is 16.0. The predicted molar refractivity (Wildman–Crippen MR) is 105 cm³/mol. The lowest BCUT2D eigenvalue weighted by Crippen LogP contribution is -2.39. The normalized spacial score (nSPS) is 20.6. The first-order valence-corrected chi connectivity index (χ1v) is 8.75. The summed E-state index contributed by atoms with van der Waals surface area (Å²) in [6.07, 6.45) is 5.83. The summed E-state index contributed by atoms with van der Waals surface area (Å²) in [6, 6.07) is 11.3. The third-order valence-corrected chi connectivity index (χ3v) is 4.33. The number of unbranched alkanes of at least 4 members (excludes halogenated alkanes) is 1. The standard InChI is InChI=1S/C16H25N3S.HI/c1-17-16(18-10-6-7-11-20-2)19-15-12-14(15)13-8-4-3-5-9-13;/h3-5,8-9,14-15H,6-7,10-12H2,1-2H3,(H2,17,18,19);1H. The number of rotatable bonds is 7. The lowest BCUT2D eigenvalue weighted by atomic mass is 10.1. The molecule has 2 atom stereocenters. The Morgan fingerprint density at radius 3 is 2.71 bits per heavy atom. The monoisotopic (exact) mass is 419 g/mol. The maximum absolute atomic E-state index is 4.30. The van der Waals surface area contributed by atoms with Crippen LogP contribution in [0.3, 0.4) is 0 Å². The van der Waals surface area contributed by atoms with Crippen LogP contribution in [0.1, 0.15) is 30.7 Å². The zero-order valence-electron chi connectivity index (χ0n) is 12.8. The van der Waals surface area contributed by atoms with Crippen LogP contribution in [0.15, 0.2) is 35.3 Å². The Morgan fingerprint density at radius 1 is 1.29 bits per heavy atom. The molecule has 5 heteroatoms. The summed E-state index contributed by atoms with van der Waals surface area (Å²) in [7, 11) is 1.84. The van der Waals surface area contributed by atoms with E-state index in [0.717, 1.165) is 12.5 Å². The highest BCUT2D eigenvalue weighted by molar-refractivity contribution is 14.0. The van der Waals surface area contributed by atoms with Gasteiger partial charge in [0.2, 0.25) is 0 Å². The summed E-state index contributed by atoms with van der Waals surface area (Å²) >= 11 is 1.91. The van der Waals surface area contributed by atoms with Gasteiger partial charge in [-0.05, 0) is 36.8 Å². The number of thioether (sulfide) groups is 1. The highest BCUT2D eigenvalue weighted by Gasteiger charge is 2.38. The van der Waals surface area contributed by atoms with Crippen molar-refractivity contribution in [1.82, 2.24) is 10.6 Å². The minimum Gasteiger partial charge on any atom is -0.356 e. The molecule has 1 aliphatic rings. The van der Waals surface area contributed by atoms with E-state index in [0.29, 0.717) is 12.0 Å². The molecule has 1 fully saturated rings. The number of hydrogen-bond acceptors (Lipinski definition) is 2. The molecule has 118 valence electrons. The van der Waals surface area contributed by atoms with Crippen LogP contribution >= 0.6 is 35.7 Å². The van der Waals surface area contributed by atoms with Gasteiger partial charge in [-0.2, -0.15) is 11.8 Å². The first-order chi connectivity index (χ1) is 9.85. The second-order valence-electron chi connectivity index (χ2n) is 5.20. The molecule has 3 nitrogen and oxygen atoms in total. The Hall–Kier alpha value is -0.430. The van der Waals surface area contributed by atoms with Crippen LogP contribution < -0.4 is 10.6 Å². The minimum absolute atomic E-state index is 0. The first kappa shape index (κ1) is 18.6. The molecule has 1 aromatic rings. The summed E-state index contributed by atoms with van der Waals surface area (Å²) < 4.78 is 0. The molecule has 0 bridgehead atoms. The molecule has 0 aromatic heterocycles. The third-order valence-electron chi connectivity index (χ3n) is 3.63. The number of halogens is 1. The van der Waals surface area contributed by atoms with Crippen molar-refractivity contribution in [3.8, 4) is 0 Å². The molecule has 0 aliphatic heterocycles. The van der Waals surface area contributed by atoms with Crippen molar-refractivity contribution in [3.05, 3.63) is 35.9 Å². The number of nitrogens with zero attached hydrogens (tertiary/aromatic N) is 1. The van der Waals surface area contributed by atoms with Gasteiger partial charge >= 0.3 is 0 Å². The van der Waals surface area contributed by atoms with Crippen LogP contribution in [-0.4, -0.2) is 37.6 Å². The van der Waals surface area contributed by atoms with Crippen LogP contribution in [0, 0.1) is 0 Å². The topological polar surface area (TPSA) is 36.4 Å². The molecule has 1 aliphatic carbocycles. The molecular formula is C16H26IN3S. The SMILES string of the molecule is CN=C(NCCCCSC)NC1CC1c1ccccc1.I. The third kappa shape index (κ3) is 6.46. The molecule has 2 rings (SSSR count). The van der Waals surface area contributed by atoms with Crippen molar-refractivity contribution in [2.24, 2.45) is 4.99 Å². The fourth-order valence-corrected chi connectivity index (χ4v) is 2.86. The van der Waals surface area contributed by atoms with E-state index in [2.05, 4.69) is 52.2 Å². The van der Waals surface area contributed by atoms with Gasteiger partial charge in [0.15, 0.2) is 5.96 Å². The van der Waals surface area contributed by atoms with E-state index in [1.54, 1.807) is 0 Å². The number of nitrogens with one attached hydrogen (secondary N) is 2. The Balaban J connectivity index is 0.00000220. The van der Waals surface area contributed by atoms with E-state index in [-0.39, 0.29) is 24.0 Å². The fourth-order valence-electron chi connectivity index (χ4n) is 2.37. The minimum atomic E-state index is 0. The zero-order chi connectivity index (χ0) is 14.2. The molecule has 0 heterocycles. The number of aliphatic imine (C=N–C) groups is 1. The fraction of sp³-hybridized carbons (Fsp3) is 0.562. The van der Waals surface area contributed by atoms with Gasteiger partial charge in [-0.3, -0.25) is 4.99 Å². The average Bonchev–Trinajstić information content (AvgIpc) is 3.26. The van der Waals surface area contributed by atoms with Gasteiger partial charge < -0.3 is 10.6 Å². The van der Waals surface area contributed by atoms with E-state index in [9.17, 15) is 0 Å². The molecular weight excluding hydrogens is 393 g/mol. The van der Waals surface area contributed by atoms with Crippen LogP contribution in [0.4, 0.5) is 0 Å². The Bertz CT molecular complexity index is 425. The second kappa shape index (κ2) is 10.3. The van der Waals surface area contributed by atoms with E-state index in [4.69, 9.17) is 0 Å². The first-order valence-electron chi connectivity index (χ1n) is 7.36. The second-order valence-corrected chi connectivity index (χ2v) is 6.19. The van der Waals surface area contributed by atoms with E-state index < -0.39 is 0 Å². The largest absolute Gasteiger partial charge is 0.356 e. The molecule has 0 amide bonds. The Kier molecular flexibility index (Phi) is 9.15. The van der Waals surface area contributed by atoms with Gasteiger partial charge in [0, 0.05) is 25.6 Å². The summed E-state index contributed by atoms with van der Waals surface area (Å²) in [5, 5.41) is 6.92. The van der Waals surface area contributed by atoms with Crippen molar-refractivity contribution in [2.75, 3.05) is 25.6 Å². The van der Waals surface area contributed by atoms with Crippen molar-refractivity contribution in [3.63, 3.8) is 0 Å². The molecule has 2 unspecified atom stereocenters. The molecule has 1 aromatic carbocycles. The van der Waals surface area contributed by atoms with Crippen molar-refractivity contribution in [2.45, 2.75) is 31.2 Å². The van der Waals surface area contributed by atoms with Crippen LogP contribution in [0.5, 0.6) is 0 Å². The number of guanidine groups is 1. The summed E-state index contributed by atoms with van der Waals surface area (Å²) in [6.45, 7) is 1.00. The van der Waals surface area contributed by atoms with E-state index in [1.165, 1.54) is 30.6 Å². The van der Waals surface area contributed by atoms with Crippen LogP contribution in [0.2, 0.25) is 0 Å². The smallest absolute Gasteiger partial charge is 0.191 e. The molecule has 1 saturated carbocycles. The van der Waals surface area contributed by atoms with Crippen molar-refractivity contribution < 1.29 is 0 Å². The highest BCUT2D eigenvalue weighted by atomic mass is 127. The highest BCUT2D eigenvalue weighted by Crippen LogP contribution is 2.40. The average molecular weight is 419 g/mol. The van der Waals surface area contributed by atoms with Gasteiger partial charge in [0.05, 0.1) is 0 Å². The maximum atomic E-state index is 4.30. The Morgan fingerprint density at radius 2 is 2.05 bits per heavy atom. The van der Waals surface area contributed by atoms with Crippen molar-refractivity contribution >= 4 is 41.7 Å². The van der Waals surface area contributed by atoms with Gasteiger partial charge in [-0.1, -0.05) is 30.3 Å². The number of benzene rings is 1. The van der Waals surface area contributed by atoms with Crippen molar-refractivity contribution in [1.29, 1.82) is 0 Å². The summed E-state index contributed by atoms with van der Waals surface area (Å²) in [5.74, 6) is 2.83. The summed E-state index contributed by atoms with van der Waals surface area (Å²) in [4.78, 5) is 4.30. The van der Waals surface area contributed by atoms with Gasteiger partial charge in [0.25, 0.3) is 0 Å². The molecule has 0 spiro atoms. The predicted octanol–water partition coefficient (Wildman–Crippen LogP) is 3.47. The molecule has 0 saturated heterocycles. The van der Waals surface area contributed by atoms with Crippen LogP contribution in [0.25, 0.3) is 0 Å². The molecule has 2 N–H and O–H groups in total. The van der Waals surface area contributed by atoms with E-state index in [1.807, 2.05) is 18.8 Å². The Labute approximate surface area is 149 Å².